The summed E-state index contributed by atoms with van der Waals surface area (Å²) in [6.07, 6.45) is 2.23. The Balaban J connectivity index is 1.54. The van der Waals surface area contributed by atoms with E-state index in [0.717, 1.165) is 16.7 Å². The fourth-order valence-corrected chi connectivity index (χ4v) is 3.28. The SMILES string of the molecule is O=c1c(Cl)c(N[C@@H]2C[C@H]2c2cccc(F)c2)cnn1-c1ccc([N+](=O)[O-])cc1. The van der Waals surface area contributed by atoms with Gasteiger partial charge in [0.2, 0.25) is 0 Å². The van der Waals surface area contributed by atoms with Gasteiger partial charge in [0, 0.05) is 24.1 Å². The van der Waals surface area contributed by atoms with Gasteiger partial charge >= 0.3 is 0 Å². The molecule has 142 valence electrons. The summed E-state index contributed by atoms with van der Waals surface area (Å²) in [5, 5.41) is 18.0. The summed E-state index contributed by atoms with van der Waals surface area (Å²) in [7, 11) is 0. The number of non-ortho nitro benzene ring substituents is 1. The Kier molecular flexibility index (Phi) is 4.56. The van der Waals surface area contributed by atoms with Crippen LogP contribution in [0.1, 0.15) is 17.9 Å². The first-order valence-corrected chi connectivity index (χ1v) is 8.86. The molecule has 0 saturated heterocycles. The van der Waals surface area contributed by atoms with Gasteiger partial charge < -0.3 is 5.32 Å². The number of benzene rings is 2. The predicted octanol–water partition coefficient (Wildman–Crippen LogP) is 3.90. The van der Waals surface area contributed by atoms with Crippen LogP contribution < -0.4 is 10.9 Å². The quantitative estimate of drug-likeness (QED) is 0.518. The zero-order valence-corrected chi connectivity index (χ0v) is 15.1. The van der Waals surface area contributed by atoms with Gasteiger partial charge in [-0.1, -0.05) is 23.7 Å². The lowest BCUT2D eigenvalue weighted by Gasteiger charge is -2.10. The normalized spacial score (nSPS) is 17.9. The number of halogens is 2. The lowest BCUT2D eigenvalue weighted by molar-refractivity contribution is -0.384. The van der Waals surface area contributed by atoms with Gasteiger partial charge in [-0.25, -0.2) is 4.39 Å². The zero-order valence-electron chi connectivity index (χ0n) is 14.4. The van der Waals surface area contributed by atoms with E-state index in [9.17, 15) is 19.3 Å². The molecular formula is C19H14ClFN4O3. The Morgan fingerprint density at radius 1 is 1.25 bits per heavy atom. The number of nitrogens with one attached hydrogen (secondary N) is 1. The molecule has 0 unspecified atom stereocenters. The maximum atomic E-state index is 13.4. The van der Waals surface area contributed by atoms with Crippen molar-refractivity contribution < 1.29 is 9.31 Å². The van der Waals surface area contributed by atoms with E-state index in [-0.39, 0.29) is 28.5 Å². The van der Waals surface area contributed by atoms with Crippen LogP contribution in [-0.4, -0.2) is 20.7 Å². The number of hydrogen-bond acceptors (Lipinski definition) is 5. The molecule has 0 spiro atoms. The average molecular weight is 401 g/mol. The van der Waals surface area contributed by atoms with Crippen LogP contribution in [0.15, 0.2) is 59.5 Å². The van der Waals surface area contributed by atoms with E-state index in [2.05, 4.69) is 10.4 Å². The Bertz CT molecular complexity index is 1120. The Morgan fingerprint density at radius 2 is 2.00 bits per heavy atom. The van der Waals surface area contributed by atoms with Crippen LogP contribution in [0.2, 0.25) is 5.02 Å². The molecule has 9 heteroatoms. The average Bonchev–Trinajstić information content (AvgIpc) is 3.45. The number of nitro groups is 1. The van der Waals surface area contributed by atoms with Gasteiger partial charge in [0.05, 0.1) is 22.5 Å². The van der Waals surface area contributed by atoms with Crippen LogP contribution in [0.25, 0.3) is 5.69 Å². The van der Waals surface area contributed by atoms with E-state index in [1.54, 1.807) is 6.07 Å². The van der Waals surface area contributed by atoms with Crippen molar-refractivity contribution in [2.75, 3.05) is 5.32 Å². The summed E-state index contributed by atoms with van der Waals surface area (Å²) < 4.78 is 14.4. The summed E-state index contributed by atoms with van der Waals surface area (Å²) in [6, 6.07) is 11.9. The summed E-state index contributed by atoms with van der Waals surface area (Å²) in [5.74, 6) is -0.141. The third-order valence-corrected chi connectivity index (χ3v) is 5.00. The molecule has 0 radical (unpaired) electrons. The lowest BCUT2D eigenvalue weighted by Crippen LogP contribution is -2.23. The molecule has 0 amide bonds. The maximum absolute atomic E-state index is 13.4. The molecule has 28 heavy (non-hydrogen) atoms. The maximum Gasteiger partial charge on any atom is 0.292 e. The highest BCUT2D eigenvalue weighted by Gasteiger charge is 2.39. The minimum absolute atomic E-state index is 0.0294. The number of rotatable bonds is 5. The standard InChI is InChI=1S/C19H14ClFN4O3/c20-18-17(23-16-9-15(16)11-2-1-3-12(21)8-11)10-22-24(19(18)26)13-4-6-14(7-5-13)25(27)28/h1-8,10,15-16,23H,9H2/t15-,16+/m0/s1. The second-order valence-electron chi connectivity index (χ2n) is 6.51. The van der Waals surface area contributed by atoms with Crippen LogP contribution in [0.4, 0.5) is 15.8 Å². The molecule has 3 aromatic rings. The Labute approximate surface area is 163 Å². The number of hydrogen-bond donors (Lipinski definition) is 1. The second kappa shape index (κ2) is 7.05. The molecule has 1 N–H and O–H groups in total. The monoisotopic (exact) mass is 400 g/mol. The molecular weight excluding hydrogens is 387 g/mol. The molecule has 1 fully saturated rings. The molecule has 0 aliphatic heterocycles. The van der Waals surface area contributed by atoms with E-state index < -0.39 is 10.5 Å². The summed E-state index contributed by atoms with van der Waals surface area (Å²) in [5.41, 5.74) is 1.03. The van der Waals surface area contributed by atoms with Gasteiger partial charge in [-0.15, -0.1) is 0 Å². The fourth-order valence-electron chi connectivity index (χ4n) is 3.09. The van der Waals surface area contributed by atoms with Crippen LogP contribution in [0.3, 0.4) is 0 Å². The topological polar surface area (TPSA) is 90.1 Å². The van der Waals surface area contributed by atoms with Gasteiger partial charge in [0.25, 0.3) is 11.2 Å². The van der Waals surface area contributed by atoms with E-state index in [1.807, 2.05) is 6.07 Å². The molecule has 4 rings (SSSR count). The van der Waals surface area contributed by atoms with Crippen molar-refractivity contribution in [3.8, 4) is 5.69 Å². The highest BCUT2D eigenvalue weighted by molar-refractivity contribution is 6.33. The van der Waals surface area contributed by atoms with E-state index >= 15 is 0 Å². The van der Waals surface area contributed by atoms with Crippen molar-refractivity contribution in [1.29, 1.82) is 0 Å². The molecule has 1 saturated carbocycles. The number of nitro benzene ring substituents is 1. The fraction of sp³-hybridized carbons (Fsp3) is 0.158. The molecule has 7 nitrogen and oxygen atoms in total. The predicted molar refractivity (Wildman–Crippen MR) is 103 cm³/mol. The van der Waals surface area contributed by atoms with Gasteiger partial charge in [0.15, 0.2) is 0 Å². The zero-order chi connectivity index (χ0) is 19.8. The third kappa shape index (κ3) is 3.46. The van der Waals surface area contributed by atoms with Gasteiger partial charge in [0.1, 0.15) is 10.8 Å². The first-order valence-electron chi connectivity index (χ1n) is 8.48. The lowest BCUT2D eigenvalue weighted by atomic mass is 10.1. The second-order valence-corrected chi connectivity index (χ2v) is 6.89. The van der Waals surface area contributed by atoms with Crippen molar-refractivity contribution in [3.63, 3.8) is 0 Å². The van der Waals surface area contributed by atoms with Gasteiger partial charge in [-0.05, 0) is 36.2 Å². The Morgan fingerprint density at radius 3 is 2.68 bits per heavy atom. The van der Waals surface area contributed by atoms with Gasteiger partial charge in [-0.3, -0.25) is 14.9 Å². The summed E-state index contributed by atoms with van der Waals surface area (Å²) >= 11 is 6.22. The third-order valence-electron chi connectivity index (χ3n) is 4.63. The summed E-state index contributed by atoms with van der Waals surface area (Å²) in [4.78, 5) is 22.8. The molecule has 1 aliphatic rings. The van der Waals surface area contributed by atoms with Crippen LogP contribution in [0.5, 0.6) is 0 Å². The molecule has 1 aliphatic carbocycles. The van der Waals surface area contributed by atoms with Crippen LogP contribution in [0, 0.1) is 15.9 Å². The van der Waals surface area contributed by atoms with E-state index in [4.69, 9.17) is 11.6 Å². The minimum Gasteiger partial charge on any atom is -0.379 e. The summed E-state index contributed by atoms with van der Waals surface area (Å²) in [6.45, 7) is 0. The number of aromatic nitrogens is 2. The highest BCUT2D eigenvalue weighted by atomic mass is 35.5. The van der Waals surface area contributed by atoms with Gasteiger partial charge in [-0.2, -0.15) is 9.78 Å². The minimum atomic E-state index is -0.538. The highest BCUT2D eigenvalue weighted by Crippen LogP contribution is 2.43. The first-order chi connectivity index (χ1) is 13.4. The number of nitrogens with zero attached hydrogens (tertiary/aromatic N) is 3. The van der Waals surface area contributed by atoms with E-state index in [0.29, 0.717) is 11.4 Å². The van der Waals surface area contributed by atoms with Crippen molar-refractivity contribution in [2.24, 2.45) is 0 Å². The molecule has 1 heterocycles. The van der Waals surface area contributed by atoms with Crippen LogP contribution >= 0.6 is 11.6 Å². The number of anilines is 1. The van der Waals surface area contributed by atoms with Crippen molar-refractivity contribution in [1.82, 2.24) is 9.78 Å². The molecule has 1 aromatic heterocycles. The smallest absolute Gasteiger partial charge is 0.292 e. The molecule has 2 atom stereocenters. The molecule has 0 bridgehead atoms. The van der Waals surface area contributed by atoms with E-state index in [1.165, 1.54) is 42.6 Å². The van der Waals surface area contributed by atoms with Crippen molar-refractivity contribution >= 4 is 23.0 Å². The van der Waals surface area contributed by atoms with Crippen molar-refractivity contribution in [3.05, 3.63) is 91.6 Å². The van der Waals surface area contributed by atoms with Crippen LogP contribution in [-0.2, 0) is 0 Å². The Hall–Kier alpha value is -3.26. The molecule has 2 aromatic carbocycles. The van der Waals surface area contributed by atoms with Crippen molar-refractivity contribution in [2.45, 2.75) is 18.4 Å². The largest absolute Gasteiger partial charge is 0.379 e. The first kappa shape index (κ1) is 18.1.